The minimum Gasteiger partial charge on any atom is -0.278 e. The van der Waals surface area contributed by atoms with Crippen LogP contribution in [0.15, 0.2) is 60.7 Å². The lowest BCUT2D eigenvalue weighted by molar-refractivity contribution is -0.168. The number of carbonyl (C=O) groups excluding carboxylic acids is 2. The molecule has 1 aliphatic rings. The van der Waals surface area contributed by atoms with E-state index in [-0.39, 0.29) is 16.2 Å². The summed E-state index contributed by atoms with van der Waals surface area (Å²) in [6, 6.07) is 17.7. The highest BCUT2D eigenvalue weighted by Gasteiger charge is 2.38. The fourth-order valence-corrected chi connectivity index (χ4v) is 2.26. The van der Waals surface area contributed by atoms with Gasteiger partial charge in [-0.1, -0.05) is 60.7 Å². The smallest absolute Gasteiger partial charge is 0.278 e. The Hall–Kier alpha value is -2.72. The number of imide groups is 1. The van der Waals surface area contributed by atoms with E-state index in [4.69, 9.17) is 0 Å². The summed E-state index contributed by atoms with van der Waals surface area (Å²) < 4.78 is 0. The Kier molecular flexibility index (Phi) is 2.93. The molecule has 0 saturated carbocycles. The Balaban J connectivity index is 2.26. The first-order valence-electron chi connectivity index (χ1n) is 6.13. The highest BCUT2D eigenvalue weighted by Crippen LogP contribution is 2.34. The van der Waals surface area contributed by atoms with Crippen molar-refractivity contribution in [3.63, 3.8) is 0 Å². The molecule has 3 rings (SSSR count). The van der Waals surface area contributed by atoms with Gasteiger partial charge < -0.3 is 0 Å². The van der Waals surface area contributed by atoms with Crippen LogP contribution in [0, 0.1) is 0 Å². The van der Waals surface area contributed by atoms with Crippen LogP contribution in [0.2, 0.25) is 0 Å². The maximum Gasteiger partial charge on any atom is 0.286 e. The van der Waals surface area contributed by atoms with Gasteiger partial charge in [-0.3, -0.25) is 14.8 Å². The lowest BCUT2D eigenvalue weighted by Crippen LogP contribution is -2.27. The number of hydrogen-bond acceptors (Lipinski definition) is 3. The van der Waals surface area contributed by atoms with Crippen LogP contribution in [0.5, 0.6) is 0 Å². The van der Waals surface area contributed by atoms with Crippen LogP contribution in [-0.4, -0.2) is 22.1 Å². The number of rotatable bonds is 2. The summed E-state index contributed by atoms with van der Waals surface area (Å²) in [6.45, 7) is 0. The van der Waals surface area contributed by atoms with E-state index in [1.165, 1.54) is 0 Å². The summed E-state index contributed by atoms with van der Waals surface area (Å²) >= 11 is 0. The van der Waals surface area contributed by atoms with Gasteiger partial charge in [0.1, 0.15) is 0 Å². The van der Waals surface area contributed by atoms with Gasteiger partial charge in [0.2, 0.25) is 0 Å². The molecule has 1 aliphatic heterocycles. The van der Waals surface area contributed by atoms with E-state index in [9.17, 15) is 14.8 Å². The molecule has 4 nitrogen and oxygen atoms in total. The number of nitrogens with zero attached hydrogens (tertiary/aromatic N) is 1. The molecule has 1 N–H and O–H groups in total. The van der Waals surface area contributed by atoms with Crippen molar-refractivity contribution in [2.75, 3.05) is 0 Å². The average Bonchev–Trinajstić information content (AvgIpc) is 2.73. The second-order valence-corrected chi connectivity index (χ2v) is 4.40. The number of hydroxylamine groups is 2. The van der Waals surface area contributed by atoms with Crippen molar-refractivity contribution in [2.24, 2.45) is 0 Å². The molecule has 0 aromatic heterocycles. The average molecular weight is 265 g/mol. The summed E-state index contributed by atoms with van der Waals surface area (Å²) in [5.74, 6) is -1.39. The molecule has 1 heterocycles. The highest BCUT2D eigenvalue weighted by atomic mass is 16.5. The van der Waals surface area contributed by atoms with E-state index in [1.54, 1.807) is 48.5 Å². The number of hydrogen-bond donors (Lipinski definition) is 1. The number of amides is 2. The number of benzene rings is 2. The minimum absolute atomic E-state index is 0.171. The van der Waals surface area contributed by atoms with Crippen LogP contribution in [-0.2, 0) is 9.59 Å². The maximum atomic E-state index is 12.1. The van der Waals surface area contributed by atoms with Gasteiger partial charge >= 0.3 is 0 Å². The van der Waals surface area contributed by atoms with Gasteiger partial charge in [-0.2, -0.15) is 0 Å². The van der Waals surface area contributed by atoms with E-state index in [0.717, 1.165) is 0 Å². The van der Waals surface area contributed by atoms with Crippen LogP contribution in [0.4, 0.5) is 0 Å². The van der Waals surface area contributed by atoms with Crippen molar-refractivity contribution in [1.29, 1.82) is 0 Å². The first-order valence-corrected chi connectivity index (χ1v) is 6.13. The van der Waals surface area contributed by atoms with Gasteiger partial charge in [-0.25, -0.2) is 0 Å². The topological polar surface area (TPSA) is 57.6 Å². The Morgan fingerprint density at radius 1 is 0.650 bits per heavy atom. The molecule has 2 aromatic carbocycles. The third kappa shape index (κ3) is 1.83. The Morgan fingerprint density at radius 2 is 1.00 bits per heavy atom. The van der Waals surface area contributed by atoms with E-state index in [0.29, 0.717) is 11.1 Å². The second kappa shape index (κ2) is 4.75. The van der Waals surface area contributed by atoms with E-state index in [2.05, 4.69) is 0 Å². The van der Waals surface area contributed by atoms with Gasteiger partial charge in [0, 0.05) is 0 Å². The monoisotopic (exact) mass is 265 g/mol. The lowest BCUT2D eigenvalue weighted by atomic mass is 9.96. The predicted molar refractivity (Wildman–Crippen MR) is 73.3 cm³/mol. The SMILES string of the molecule is O=C1C(c2ccccc2)=C(c2ccccc2)C(=O)N1O. The molecule has 0 aliphatic carbocycles. The van der Waals surface area contributed by atoms with Crippen LogP contribution in [0.25, 0.3) is 11.1 Å². The molecule has 2 amide bonds. The zero-order valence-corrected chi connectivity index (χ0v) is 10.5. The molecule has 0 unspecified atom stereocenters. The zero-order chi connectivity index (χ0) is 14.1. The lowest BCUT2D eigenvalue weighted by Gasteiger charge is -2.03. The van der Waals surface area contributed by atoms with E-state index in [1.807, 2.05) is 12.1 Å². The molecule has 0 radical (unpaired) electrons. The zero-order valence-electron chi connectivity index (χ0n) is 10.5. The van der Waals surface area contributed by atoms with Gasteiger partial charge in [0.05, 0.1) is 11.1 Å². The highest BCUT2D eigenvalue weighted by molar-refractivity contribution is 6.48. The molecule has 0 bridgehead atoms. The standard InChI is InChI=1S/C16H11NO3/c18-15-13(11-7-3-1-4-8-11)14(16(19)17(15)20)12-9-5-2-6-10-12/h1-10,20H. The molecule has 4 heteroatoms. The summed E-state index contributed by atoms with van der Waals surface area (Å²) in [4.78, 5) is 24.2. The van der Waals surface area contributed by atoms with Gasteiger partial charge in [0.15, 0.2) is 0 Å². The fraction of sp³-hybridized carbons (Fsp3) is 0. The van der Waals surface area contributed by atoms with Crippen molar-refractivity contribution < 1.29 is 14.8 Å². The third-order valence-corrected chi connectivity index (χ3v) is 3.19. The van der Waals surface area contributed by atoms with Crippen LogP contribution in [0.1, 0.15) is 11.1 Å². The molecule has 98 valence electrons. The van der Waals surface area contributed by atoms with E-state index < -0.39 is 11.8 Å². The molecular weight excluding hydrogens is 254 g/mol. The Bertz CT molecular complexity index is 644. The Morgan fingerprint density at radius 3 is 1.35 bits per heavy atom. The summed E-state index contributed by atoms with van der Waals surface area (Å²) in [5, 5.41) is 9.79. The first-order chi connectivity index (χ1) is 9.70. The van der Waals surface area contributed by atoms with Crippen molar-refractivity contribution in [2.45, 2.75) is 0 Å². The molecule has 2 aromatic rings. The van der Waals surface area contributed by atoms with Crippen LogP contribution < -0.4 is 0 Å². The van der Waals surface area contributed by atoms with E-state index >= 15 is 0 Å². The molecule has 0 fully saturated rings. The predicted octanol–water partition coefficient (Wildman–Crippen LogP) is 2.36. The summed E-state index contributed by atoms with van der Waals surface area (Å²) in [6.07, 6.45) is 0. The third-order valence-electron chi connectivity index (χ3n) is 3.19. The van der Waals surface area contributed by atoms with Gasteiger partial charge in [-0.15, -0.1) is 5.06 Å². The molecule has 0 atom stereocenters. The van der Waals surface area contributed by atoms with Crippen LogP contribution in [0.3, 0.4) is 0 Å². The van der Waals surface area contributed by atoms with Crippen molar-refractivity contribution >= 4 is 23.0 Å². The van der Waals surface area contributed by atoms with Crippen molar-refractivity contribution in [3.05, 3.63) is 71.8 Å². The Labute approximate surface area is 115 Å². The first kappa shape index (κ1) is 12.3. The van der Waals surface area contributed by atoms with Crippen LogP contribution >= 0.6 is 0 Å². The van der Waals surface area contributed by atoms with Gasteiger partial charge in [0.25, 0.3) is 11.8 Å². The fourth-order valence-electron chi connectivity index (χ4n) is 2.26. The summed E-state index contributed by atoms with van der Waals surface area (Å²) in [7, 11) is 0. The minimum atomic E-state index is -0.694. The largest absolute Gasteiger partial charge is 0.286 e. The van der Waals surface area contributed by atoms with Crippen molar-refractivity contribution in [1.82, 2.24) is 5.06 Å². The molecule has 0 spiro atoms. The molecular formula is C16H11NO3. The van der Waals surface area contributed by atoms with Gasteiger partial charge in [-0.05, 0) is 11.1 Å². The second-order valence-electron chi connectivity index (χ2n) is 4.40. The quantitative estimate of drug-likeness (QED) is 0.670. The number of carbonyl (C=O) groups is 2. The van der Waals surface area contributed by atoms with Crippen molar-refractivity contribution in [3.8, 4) is 0 Å². The normalized spacial score (nSPS) is 15.2. The molecule has 0 saturated heterocycles. The summed E-state index contributed by atoms with van der Waals surface area (Å²) in [5.41, 5.74) is 1.68. The maximum absolute atomic E-state index is 12.1. The molecule has 20 heavy (non-hydrogen) atoms.